The standard InChI is InChI=1S/C25H22N2O3/c1-16-20(18-7-5-17(14-28)6-8-18)3-2-4-21(16)27-24(29)25(11-12-25)19-9-10-23-22(13-19)26-15-30-23/h2-10,13,15,28H,11-12,14H2,1H3,(H,27,29). The molecular formula is C25H22N2O3. The second kappa shape index (κ2) is 7.11. The summed E-state index contributed by atoms with van der Waals surface area (Å²) in [7, 11) is 0. The van der Waals surface area contributed by atoms with Crippen molar-refractivity contribution in [2.24, 2.45) is 0 Å². The van der Waals surface area contributed by atoms with Crippen LogP contribution in [-0.2, 0) is 16.8 Å². The summed E-state index contributed by atoms with van der Waals surface area (Å²) in [4.78, 5) is 17.5. The molecule has 1 heterocycles. The monoisotopic (exact) mass is 398 g/mol. The summed E-state index contributed by atoms with van der Waals surface area (Å²) in [6.45, 7) is 2.05. The van der Waals surface area contributed by atoms with Gasteiger partial charge < -0.3 is 14.8 Å². The molecule has 0 bridgehead atoms. The van der Waals surface area contributed by atoms with E-state index in [-0.39, 0.29) is 12.5 Å². The van der Waals surface area contributed by atoms with Crippen LogP contribution in [0.3, 0.4) is 0 Å². The topological polar surface area (TPSA) is 75.4 Å². The zero-order valence-corrected chi connectivity index (χ0v) is 16.7. The number of amides is 1. The van der Waals surface area contributed by atoms with Gasteiger partial charge in [-0.15, -0.1) is 0 Å². The molecule has 0 spiro atoms. The molecule has 4 aromatic rings. The van der Waals surface area contributed by atoms with Gasteiger partial charge in [0.05, 0.1) is 12.0 Å². The molecule has 1 aromatic heterocycles. The molecule has 1 amide bonds. The zero-order valence-electron chi connectivity index (χ0n) is 16.7. The second-order valence-corrected chi connectivity index (χ2v) is 7.90. The Morgan fingerprint density at radius 2 is 1.93 bits per heavy atom. The van der Waals surface area contributed by atoms with Gasteiger partial charge in [-0.25, -0.2) is 4.98 Å². The van der Waals surface area contributed by atoms with Crippen LogP contribution in [0, 0.1) is 6.92 Å². The van der Waals surface area contributed by atoms with Crippen LogP contribution in [0.15, 0.2) is 71.5 Å². The van der Waals surface area contributed by atoms with Gasteiger partial charge in [0.2, 0.25) is 5.91 Å². The predicted octanol–water partition coefficient (Wildman–Crippen LogP) is 4.97. The third-order valence-electron chi connectivity index (χ3n) is 6.10. The van der Waals surface area contributed by atoms with E-state index in [1.54, 1.807) is 0 Å². The molecule has 1 fully saturated rings. The lowest BCUT2D eigenvalue weighted by Crippen LogP contribution is -2.28. The number of benzene rings is 3. The predicted molar refractivity (Wildman–Crippen MR) is 116 cm³/mol. The number of nitrogens with zero attached hydrogens (tertiary/aromatic N) is 1. The number of anilines is 1. The van der Waals surface area contributed by atoms with Crippen LogP contribution in [0.25, 0.3) is 22.2 Å². The van der Waals surface area contributed by atoms with E-state index in [0.29, 0.717) is 0 Å². The Morgan fingerprint density at radius 1 is 1.13 bits per heavy atom. The molecule has 5 nitrogen and oxygen atoms in total. The number of carbonyl (C=O) groups is 1. The number of nitrogens with one attached hydrogen (secondary N) is 1. The van der Waals surface area contributed by atoms with E-state index in [9.17, 15) is 9.90 Å². The summed E-state index contributed by atoms with van der Waals surface area (Å²) in [5.74, 6) is 0.0150. The van der Waals surface area contributed by atoms with Gasteiger partial charge >= 0.3 is 0 Å². The first kappa shape index (κ1) is 18.6. The van der Waals surface area contributed by atoms with E-state index >= 15 is 0 Å². The second-order valence-electron chi connectivity index (χ2n) is 7.90. The Hall–Kier alpha value is -3.44. The molecule has 2 N–H and O–H groups in total. The van der Waals surface area contributed by atoms with Gasteiger partial charge in [-0.2, -0.15) is 0 Å². The van der Waals surface area contributed by atoms with Crippen molar-refractivity contribution in [3.63, 3.8) is 0 Å². The molecule has 0 atom stereocenters. The van der Waals surface area contributed by atoms with Gasteiger partial charge in [0.1, 0.15) is 5.52 Å². The van der Waals surface area contributed by atoms with Crippen molar-refractivity contribution in [3.8, 4) is 11.1 Å². The molecule has 1 saturated carbocycles. The molecule has 3 aromatic carbocycles. The normalized spacial score (nSPS) is 14.6. The number of aromatic nitrogens is 1. The molecule has 0 saturated heterocycles. The van der Waals surface area contributed by atoms with Gasteiger partial charge in [0.25, 0.3) is 0 Å². The highest BCUT2D eigenvalue weighted by atomic mass is 16.3. The molecule has 0 aliphatic heterocycles. The van der Waals surface area contributed by atoms with E-state index in [0.717, 1.165) is 57.4 Å². The molecule has 0 unspecified atom stereocenters. The van der Waals surface area contributed by atoms with Crippen molar-refractivity contribution >= 4 is 22.7 Å². The van der Waals surface area contributed by atoms with E-state index < -0.39 is 5.41 Å². The van der Waals surface area contributed by atoms with Crippen LogP contribution < -0.4 is 5.32 Å². The number of oxazole rings is 1. The van der Waals surface area contributed by atoms with Crippen molar-refractivity contribution in [3.05, 3.63) is 83.7 Å². The summed E-state index contributed by atoms with van der Waals surface area (Å²) >= 11 is 0. The third kappa shape index (κ3) is 3.08. The SMILES string of the molecule is Cc1c(NC(=O)C2(c3ccc4ocnc4c3)CC2)cccc1-c1ccc(CO)cc1. The van der Waals surface area contributed by atoms with Crippen LogP contribution in [0.5, 0.6) is 0 Å². The fourth-order valence-corrected chi connectivity index (χ4v) is 4.04. The maximum atomic E-state index is 13.3. The summed E-state index contributed by atoms with van der Waals surface area (Å²) in [6, 6.07) is 19.6. The van der Waals surface area contributed by atoms with Crippen LogP contribution >= 0.6 is 0 Å². The van der Waals surface area contributed by atoms with Gasteiger partial charge in [0, 0.05) is 5.69 Å². The Labute approximate surface area is 174 Å². The fourth-order valence-electron chi connectivity index (χ4n) is 4.04. The molecule has 30 heavy (non-hydrogen) atoms. The number of hydrogen-bond acceptors (Lipinski definition) is 4. The van der Waals surface area contributed by atoms with Gasteiger partial charge in [0.15, 0.2) is 12.0 Å². The van der Waals surface area contributed by atoms with Gasteiger partial charge in [-0.05, 0) is 65.8 Å². The van der Waals surface area contributed by atoms with Crippen molar-refractivity contribution in [1.82, 2.24) is 4.98 Å². The lowest BCUT2D eigenvalue weighted by atomic mass is 9.93. The maximum Gasteiger partial charge on any atom is 0.235 e. The van der Waals surface area contributed by atoms with Crippen LogP contribution in [0.4, 0.5) is 5.69 Å². The first-order valence-electron chi connectivity index (χ1n) is 10.1. The van der Waals surface area contributed by atoms with Crippen molar-refractivity contribution in [2.45, 2.75) is 31.8 Å². The Bertz CT molecular complexity index is 1240. The maximum absolute atomic E-state index is 13.3. The van der Waals surface area contributed by atoms with Gasteiger partial charge in [-0.1, -0.05) is 42.5 Å². The average molecular weight is 398 g/mol. The Balaban J connectivity index is 1.43. The Morgan fingerprint density at radius 3 is 2.67 bits per heavy atom. The first-order valence-corrected chi connectivity index (χ1v) is 10.1. The summed E-state index contributed by atoms with van der Waals surface area (Å²) in [5.41, 5.74) is 6.81. The summed E-state index contributed by atoms with van der Waals surface area (Å²) in [5, 5.41) is 12.4. The van der Waals surface area contributed by atoms with Gasteiger partial charge in [-0.3, -0.25) is 4.79 Å². The van der Waals surface area contributed by atoms with Crippen LogP contribution in [0.1, 0.15) is 29.5 Å². The largest absolute Gasteiger partial charge is 0.443 e. The molecule has 150 valence electrons. The molecule has 0 radical (unpaired) electrons. The van der Waals surface area contributed by atoms with E-state index in [1.807, 2.05) is 67.6 Å². The smallest absolute Gasteiger partial charge is 0.235 e. The minimum atomic E-state index is -0.502. The number of carbonyl (C=O) groups excluding carboxylic acids is 1. The minimum Gasteiger partial charge on any atom is -0.443 e. The molecule has 1 aliphatic carbocycles. The molecular weight excluding hydrogens is 376 g/mol. The summed E-state index contributed by atoms with van der Waals surface area (Å²) in [6.07, 6.45) is 3.07. The summed E-state index contributed by atoms with van der Waals surface area (Å²) < 4.78 is 5.32. The van der Waals surface area contributed by atoms with Crippen molar-refractivity contribution < 1.29 is 14.3 Å². The highest BCUT2D eigenvalue weighted by Crippen LogP contribution is 2.49. The van der Waals surface area contributed by atoms with E-state index in [2.05, 4.69) is 10.3 Å². The quantitative estimate of drug-likeness (QED) is 0.498. The molecule has 5 heteroatoms. The lowest BCUT2D eigenvalue weighted by Gasteiger charge is -2.18. The first-order chi connectivity index (χ1) is 14.6. The number of rotatable bonds is 5. The van der Waals surface area contributed by atoms with Crippen molar-refractivity contribution in [1.29, 1.82) is 0 Å². The van der Waals surface area contributed by atoms with Crippen LogP contribution in [0.2, 0.25) is 0 Å². The molecule has 1 aliphatic rings. The average Bonchev–Trinajstić information content (AvgIpc) is 3.46. The number of aliphatic hydroxyl groups is 1. The molecule has 5 rings (SSSR count). The highest BCUT2D eigenvalue weighted by Gasteiger charge is 2.51. The number of hydrogen-bond donors (Lipinski definition) is 2. The van der Waals surface area contributed by atoms with Crippen LogP contribution in [-0.4, -0.2) is 16.0 Å². The number of fused-ring (bicyclic) bond motifs is 1. The minimum absolute atomic E-state index is 0.0150. The highest BCUT2D eigenvalue weighted by molar-refractivity contribution is 6.02. The van der Waals surface area contributed by atoms with E-state index in [1.165, 1.54) is 6.39 Å². The third-order valence-corrected chi connectivity index (χ3v) is 6.10. The Kier molecular flexibility index (Phi) is 4.40. The number of aliphatic hydroxyl groups excluding tert-OH is 1. The van der Waals surface area contributed by atoms with E-state index in [4.69, 9.17) is 4.42 Å². The fraction of sp³-hybridized carbons (Fsp3) is 0.200. The lowest BCUT2D eigenvalue weighted by molar-refractivity contribution is -0.118. The van der Waals surface area contributed by atoms with Crippen molar-refractivity contribution in [2.75, 3.05) is 5.32 Å². The zero-order chi connectivity index (χ0) is 20.7.